The van der Waals surface area contributed by atoms with Gasteiger partial charge in [-0.3, -0.25) is 0 Å². The van der Waals surface area contributed by atoms with Gasteiger partial charge in [-0.25, -0.2) is 9.37 Å². The fourth-order valence-electron chi connectivity index (χ4n) is 1.43. The van der Waals surface area contributed by atoms with Crippen LogP contribution in [0.4, 0.5) is 4.39 Å². The Hall–Kier alpha value is -1.68. The molecular formula is C12H12FNO2. The van der Waals surface area contributed by atoms with E-state index in [-0.39, 0.29) is 12.4 Å². The summed E-state index contributed by atoms with van der Waals surface area (Å²) in [5.41, 5.74) is 0.669. The summed E-state index contributed by atoms with van der Waals surface area (Å²) < 4.78 is 18.4. The number of oxazole rings is 1. The van der Waals surface area contributed by atoms with Crippen molar-refractivity contribution < 1.29 is 13.9 Å². The molecule has 84 valence electrons. The maximum Gasteiger partial charge on any atom is 0.194 e. The van der Waals surface area contributed by atoms with Crippen molar-refractivity contribution in [2.24, 2.45) is 0 Å². The second-order valence-corrected chi connectivity index (χ2v) is 3.46. The average molecular weight is 221 g/mol. The normalized spacial score (nSPS) is 10.6. The quantitative estimate of drug-likeness (QED) is 0.862. The first-order valence-corrected chi connectivity index (χ1v) is 5.11. The number of aromatic nitrogens is 1. The van der Waals surface area contributed by atoms with Gasteiger partial charge in [0.15, 0.2) is 11.7 Å². The third-order valence-electron chi connectivity index (χ3n) is 2.21. The Bertz CT molecular complexity index is 468. The minimum absolute atomic E-state index is 0.109. The van der Waals surface area contributed by atoms with Gasteiger partial charge in [0.25, 0.3) is 0 Å². The van der Waals surface area contributed by atoms with E-state index in [0.29, 0.717) is 30.1 Å². The summed E-state index contributed by atoms with van der Waals surface area (Å²) in [7, 11) is 0. The molecule has 2 rings (SSSR count). The van der Waals surface area contributed by atoms with Crippen molar-refractivity contribution in [3.8, 4) is 11.3 Å². The molecule has 16 heavy (non-hydrogen) atoms. The molecule has 1 aromatic carbocycles. The summed E-state index contributed by atoms with van der Waals surface area (Å²) in [6, 6.07) is 6.17. The Kier molecular flexibility index (Phi) is 3.31. The highest BCUT2D eigenvalue weighted by molar-refractivity contribution is 5.56. The highest BCUT2D eigenvalue weighted by Gasteiger charge is 2.06. The SMILES string of the molecule is OCCCc1ncc(-c2cccc(F)c2)o1. The molecule has 0 aliphatic heterocycles. The first kappa shape index (κ1) is 10.8. The van der Waals surface area contributed by atoms with E-state index in [9.17, 15) is 4.39 Å². The van der Waals surface area contributed by atoms with Crippen LogP contribution in [-0.2, 0) is 6.42 Å². The molecule has 1 aromatic heterocycles. The number of nitrogens with zero attached hydrogens (tertiary/aromatic N) is 1. The first-order chi connectivity index (χ1) is 7.79. The number of hydrogen-bond donors (Lipinski definition) is 1. The second kappa shape index (κ2) is 4.90. The molecule has 0 fully saturated rings. The van der Waals surface area contributed by atoms with E-state index in [2.05, 4.69) is 4.98 Å². The molecule has 0 atom stereocenters. The third kappa shape index (κ3) is 2.46. The first-order valence-electron chi connectivity index (χ1n) is 5.11. The number of aliphatic hydroxyl groups is 1. The lowest BCUT2D eigenvalue weighted by Crippen LogP contribution is -1.88. The largest absolute Gasteiger partial charge is 0.441 e. The fourth-order valence-corrected chi connectivity index (χ4v) is 1.43. The highest BCUT2D eigenvalue weighted by Crippen LogP contribution is 2.21. The monoisotopic (exact) mass is 221 g/mol. The standard InChI is InChI=1S/C12H12FNO2/c13-10-4-1-3-9(7-10)11-8-14-12(16-11)5-2-6-15/h1,3-4,7-8,15H,2,5-6H2. The molecule has 3 nitrogen and oxygen atoms in total. The molecule has 0 unspecified atom stereocenters. The molecule has 1 heterocycles. The van der Waals surface area contributed by atoms with Crippen LogP contribution in [0.2, 0.25) is 0 Å². The molecule has 0 amide bonds. The number of hydrogen-bond acceptors (Lipinski definition) is 3. The van der Waals surface area contributed by atoms with Gasteiger partial charge in [0.1, 0.15) is 5.82 Å². The predicted molar refractivity (Wildman–Crippen MR) is 57.3 cm³/mol. The topological polar surface area (TPSA) is 46.3 Å². The van der Waals surface area contributed by atoms with Crippen molar-refractivity contribution in [2.45, 2.75) is 12.8 Å². The van der Waals surface area contributed by atoms with Crippen LogP contribution in [0.15, 0.2) is 34.9 Å². The summed E-state index contributed by atoms with van der Waals surface area (Å²) in [6.45, 7) is 0.109. The zero-order valence-corrected chi connectivity index (χ0v) is 8.69. The van der Waals surface area contributed by atoms with Gasteiger partial charge >= 0.3 is 0 Å². The summed E-state index contributed by atoms with van der Waals surface area (Å²) in [6.07, 6.45) is 2.77. The second-order valence-electron chi connectivity index (χ2n) is 3.46. The van der Waals surface area contributed by atoms with Crippen molar-refractivity contribution >= 4 is 0 Å². The molecular weight excluding hydrogens is 209 g/mol. The van der Waals surface area contributed by atoms with Crippen LogP contribution in [0.1, 0.15) is 12.3 Å². The summed E-state index contributed by atoms with van der Waals surface area (Å²) in [5, 5.41) is 8.67. The Morgan fingerprint density at radius 2 is 2.25 bits per heavy atom. The zero-order valence-electron chi connectivity index (χ0n) is 8.69. The van der Waals surface area contributed by atoms with E-state index in [4.69, 9.17) is 9.52 Å². The van der Waals surface area contributed by atoms with Gasteiger partial charge in [0, 0.05) is 18.6 Å². The van der Waals surface area contributed by atoms with Crippen molar-refractivity contribution in [1.29, 1.82) is 0 Å². The molecule has 1 N–H and O–H groups in total. The van der Waals surface area contributed by atoms with Crippen LogP contribution in [0.25, 0.3) is 11.3 Å². The van der Waals surface area contributed by atoms with Crippen LogP contribution < -0.4 is 0 Å². The number of aliphatic hydroxyl groups excluding tert-OH is 1. The van der Waals surface area contributed by atoms with Crippen molar-refractivity contribution in [3.05, 3.63) is 42.2 Å². The van der Waals surface area contributed by atoms with Gasteiger partial charge in [-0.1, -0.05) is 12.1 Å². The van der Waals surface area contributed by atoms with Crippen molar-refractivity contribution in [2.75, 3.05) is 6.61 Å². The van der Waals surface area contributed by atoms with Crippen LogP contribution in [-0.4, -0.2) is 16.7 Å². The Morgan fingerprint density at radius 1 is 1.38 bits per heavy atom. The van der Waals surface area contributed by atoms with Gasteiger partial charge in [-0.15, -0.1) is 0 Å². The van der Waals surface area contributed by atoms with Crippen molar-refractivity contribution in [1.82, 2.24) is 4.98 Å². The summed E-state index contributed by atoms with van der Waals surface area (Å²) >= 11 is 0. The van der Waals surface area contributed by atoms with Gasteiger partial charge in [0.2, 0.25) is 0 Å². The number of rotatable bonds is 4. The van der Waals surface area contributed by atoms with Crippen LogP contribution in [0, 0.1) is 5.82 Å². The highest BCUT2D eigenvalue weighted by atomic mass is 19.1. The maximum absolute atomic E-state index is 13.0. The van der Waals surface area contributed by atoms with E-state index in [1.165, 1.54) is 12.1 Å². The number of aryl methyl sites for hydroxylation is 1. The van der Waals surface area contributed by atoms with E-state index >= 15 is 0 Å². The lowest BCUT2D eigenvalue weighted by atomic mass is 10.2. The van der Waals surface area contributed by atoms with Gasteiger partial charge in [-0.05, 0) is 18.6 Å². The number of halogens is 1. The van der Waals surface area contributed by atoms with E-state index in [1.807, 2.05) is 0 Å². The minimum atomic E-state index is -0.300. The van der Waals surface area contributed by atoms with Gasteiger partial charge in [0.05, 0.1) is 6.20 Å². The predicted octanol–water partition coefficient (Wildman–Crippen LogP) is 2.41. The van der Waals surface area contributed by atoms with Crippen LogP contribution in [0.5, 0.6) is 0 Å². The number of benzene rings is 1. The lowest BCUT2D eigenvalue weighted by molar-refractivity contribution is 0.283. The van der Waals surface area contributed by atoms with Crippen LogP contribution >= 0.6 is 0 Å². The Labute approximate surface area is 92.6 Å². The zero-order chi connectivity index (χ0) is 11.4. The van der Waals surface area contributed by atoms with E-state index in [0.717, 1.165) is 0 Å². The molecule has 0 saturated heterocycles. The molecule has 0 saturated carbocycles. The van der Waals surface area contributed by atoms with E-state index < -0.39 is 0 Å². The van der Waals surface area contributed by atoms with Crippen molar-refractivity contribution in [3.63, 3.8) is 0 Å². The molecule has 0 aliphatic rings. The molecule has 4 heteroatoms. The molecule has 0 radical (unpaired) electrons. The maximum atomic E-state index is 13.0. The van der Waals surface area contributed by atoms with Gasteiger partial charge < -0.3 is 9.52 Å². The summed E-state index contributed by atoms with van der Waals surface area (Å²) in [4.78, 5) is 4.06. The molecule has 0 spiro atoms. The fraction of sp³-hybridized carbons (Fsp3) is 0.250. The average Bonchev–Trinajstić information content (AvgIpc) is 2.75. The Morgan fingerprint density at radius 3 is 3.00 bits per heavy atom. The smallest absolute Gasteiger partial charge is 0.194 e. The molecule has 0 aliphatic carbocycles. The summed E-state index contributed by atoms with van der Waals surface area (Å²) in [5.74, 6) is 0.812. The third-order valence-corrected chi connectivity index (χ3v) is 2.21. The van der Waals surface area contributed by atoms with Crippen LogP contribution in [0.3, 0.4) is 0 Å². The minimum Gasteiger partial charge on any atom is -0.441 e. The Balaban J connectivity index is 2.18. The lowest BCUT2D eigenvalue weighted by Gasteiger charge is -1.96. The molecule has 2 aromatic rings. The van der Waals surface area contributed by atoms with Gasteiger partial charge in [-0.2, -0.15) is 0 Å². The molecule has 0 bridgehead atoms. The van der Waals surface area contributed by atoms with E-state index in [1.54, 1.807) is 18.3 Å².